The van der Waals surface area contributed by atoms with Crippen LogP contribution in [0.25, 0.3) is 0 Å². The van der Waals surface area contributed by atoms with Crippen LogP contribution in [0.4, 0.5) is 0 Å². The van der Waals surface area contributed by atoms with Crippen LogP contribution in [0.2, 0.25) is 0 Å². The lowest BCUT2D eigenvalue weighted by Gasteiger charge is -2.38. The predicted molar refractivity (Wildman–Crippen MR) is 78.0 cm³/mol. The number of hydrogen-bond donors (Lipinski definition) is 2. The van der Waals surface area contributed by atoms with Gasteiger partial charge < -0.3 is 15.5 Å². The van der Waals surface area contributed by atoms with Crippen LogP contribution in [-0.4, -0.2) is 50.6 Å². The van der Waals surface area contributed by atoms with Crippen LogP contribution in [-0.2, 0) is 4.79 Å². The summed E-state index contributed by atoms with van der Waals surface area (Å²) in [5.41, 5.74) is 0.288. The van der Waals surface area contributed by atoms with Crippen molar-refractivity contribution in [3.05, 3.63) is 0 Å². The summed E-state index contributed by atoms with van der Waals surface area (Å²) in [6, 6.07) is 0. The molecule has 4 heteroatoms. The lowest BCUT2D eigenvalue weighted by molar-refractivity contribution is -0.126. The smallest absolute Gasteiger partial charge is 0.224 e. The van der Waals surface area contributed by atoms with Gasteiger partial charge in [0, 0.05) is 13.1 Å². The Kier molecular flexibility index (Phi) is 4.85. The van der Waals surface area contributed by atoms with Gasteiger partial charge in [-0.2, -0.15) is 0 Å². The molecule has 0 aromatic rings. The Bertz CT molecular complexity index is 311. The fourth-order valence-electron chi connectivity index (χ4n) is 3.14. The van der Waals surface area contributed by atoms with Crippen LogP contribution in [0.15, 0.2) is 0 Å². The molecule has 2 aliphatic rings. The van der Waals surface area contributed by atoms with Crippen molar-refractivity contribution in [2.45, 2.75) is 33.1 Å². The molecule has 4 nitrogen and oxygen atoms in total. The van der Waals surface area contributed by atoms with E-state index in [0.717, 1.165) is 39.1 Å². The third kappa shape index (κ3) is 4.18. The topological polar surface area (TPSA) is 44.4 Å². The van der Waals surface area contributed by atoms with Crippen molar-refractivity contribution in [3.8, 4) is 0 Å². The number of likely N-dealkylation sites (tertiary alicyclic amines) is 1. The lowest BCUT2D eigenvalue weighted by Crippen LogP contribution is -2.48. The predicted octanol–water partition coefficient (Wildman–Crippen LogP) is 1.08. The minimum atomic E-state index is 0.165. The maximum atomic E-state index is 12.2. The molecule has 110 valence electrons. The highest BCUT2D eigenvalue weighted by Gasteiger charge is 2.31. The second-order valence-corrected chi connectivity index (χ2v) is 7.03. The Labute approximate surface area is 117 Å². The molecule has 2 fully saturated rings. The zero-order chi connectivity index (χ0) is 13.9. The Morgan fingerprint density at radius 1 is 1.37 bits per heavy atom. The van der Waals surface area contributed by atoms with Gasteiger partial charge in [-0.25, -0.2) is 0 Å². The molecule has 0 radical (unpaired) electrons. The molecule has 0 saturated carbocycles. The van der Waals surface area contributed by atoms with Crippen molar-refractivity contribution in [2.24, 2.45) is 17.3 Å². The molecule has 2 unspecified atom stereocenters. The quantitative estimate of drug-likeness (QED) is 0.804. The van der Waals surface area contributed by atoms with E-state index in [0.29, 0.717) is 5.92 Å². The molecule has 1 amide bonds. The molecule has 2 atom stereocenters. The normalized spacial score (nSPS) is 31.9. The van der Waals surface area contributed by atoms with E-state index >= 15 is 0 Å². The average Bonchev–Trinajstić information content (AvgIpc) is 2.40. The highest BCUT2D eigenvalue weighted by atomic mass is 16.1. The summed E-state index contributed by atoms with van der Waals surface area (Å²) >= 11 is 0. The maximum Gasteiger partial charge on any atom is 0.224 e. The van der Waals surface area contributed by atoms with E-state index in [9.17, 15) is 4.79 Å². The lowest BCUT2D eigenvalue weighted by atomic mass is 9.80. The SMILES string of the molecule is CC1CNCC(C(=O)NCC2(C)CCN(C)CC2)C1. The van der Waals surface area contributed by atoms with Gasteiger partial charge >= 0.3 is 0 Å². The van der Waals surface area contributed by atoms with Crippen LogP contribution in [0.5, 0.6) is 0 Å². The molecule has 0 spiro atoms. The average molecular weight is 267 g/mol. The first-order valence-corrected chi connectivity index (χ1v) is 7.65. The Morgan fingerprint density at radius 3 is 2.68 bits per heavy atom. The summed E-state index contributed by atoms with van der Waals surface area (Å²) in [7, 11) is 2.17. The number of amides is 1. The van der Waals surface area contributed by atoms with E-state index in [1.807, 2.05) is 0 Å². The Hall–Kier alpha value is -0.610. The molecule has 2 aliphatic heterocycles. The third-order valence-corrected chi connectivity index (χ3v) is 4.82. The van der Waals surface area contributed by atoms with Crippen LogP contribution >= 0.6 is 0 Å². The highest BCUT2D eigenvalue weighted by Crippen LogP contribution is 2.29. The molecular formula is C15H29N3O. The van der Waals surface area contributed by atoms with Crippen LogP contribution in [0.1, 0.15) is 33.1 Å². The standard InChI is InChI=1S/C15H29N3O/c1-12-8-13(10-16-9-12)14(19)17-11-15(2)4-6-18(3)7-5-15/h12-13,16H,4-11H2,1-3H3,(H,17,19). The first kappa shape index (κ1) is 14.8. The second kappa shape index (κ2) is 6.23. The van der Waals surface area contributed by atoms with E-state index in [-0.39, 0.29) is 17.2 Å². The molecule has 2 N–H and O–H groups in total. The second-order valence-electron chi connectivity index (χ2n) is 7.03. The van der Waals surface area contributed by atoms with Gasteiger partial charge in [0.15, 0.2) is 0 Å². The summed E-state index contributed by atoms with van der Waals surface area (Å²) in [6.07, 6.45) is 3.39. The van der Waals surface area contributed by atoms with E-state index in [4.69, 9.17) is 0 Å². The van der Waals surface area contributed by atoms with E-state index in [1.54, 1.807) is 0 Å². The summed E-state index contributed by atoms with van der Waals surface area (Å²) in [6.45, 7) is 9.55. The Morgan fingerprint density at radius 2 is 2.05 bits per heavy atom. The first-order chi connectivity index (χ1) is 8.98. The van der Waals surface area contributed by atoms with Gasteiger partial charge in [0.25, 0.3) is 0 Å². The van der Waals surface area contributed by atoms with Crippen molar-refractivity contribution in [3.63, 3.8) is 0 Å². The van der Waals surface area contributed by atoms with Gasteiger partial charge in [-0.05, 0) is 57.3 Å². The number of carbonyl (C=O) groups excluding carboxylic acids is 1. The maximum absolute atomic E-state index is 12.2. The number of carbonyl (C=O) groups is 1. The minimum absolute atomic E-state index is 0.165. The van der Waals surface area contributed by atoms with E-state index in [1.165, 1.54) is 12.8 Å². The van der Waals surface area contributed by atoms with Crippen molar-refractivity contribution < 1.29 is 4.79 Å². The van der Waals surface area contributed by atoms with Gasteiger partial charge in [-0.3, -0.25) is 4.79 Å². The summed E-state index contributed by atoms with van der Waals surface area (Å²) in [5.74, 6) is 1.03. The molecule has 2 saturated heterocycles. The third-order valence-electron chi connectivity index (χ3n) is 4.82. The largest absolute Gasteiger partial charge is 0.355 e. The van der Waals surface area contributed by atoms with Gasteiger partial charge in [-0.15, -0.1) is 0 Å². The molecular weight excluding hydrogens is 238 g/mol. The fraction of sp³-hybridized carbons (Fsp3) is 0.933. The number of piperidine rings is 2. The number of nitrogens with one attached hydrogen (secondary N) is 2. The fourth-order valence-corrected chi connectivity index (χ4v) is 3.14. The number of rotatable bonds is 3. The summed E-state index contributed by atoms with van der Waals surface area (Å²) < 4.78 is 0. The van der Waals surface area contributed by atoms with Gasteiger partial charge in [0.1, 0.15) is 0 Å². The van der Waals surface area contributed by atoms with Crippen LogP contribution in [0, 0.1) is 17.3 Å². The zero-order valence-corrected chi connectivity index (χ0v) is 12.7. The molecule has 0 bridgehead atoms. The van der Waals surface area contributed by atoms with Crippen molar-refractivity contribution in [2.75, 3.05) is 39.8 Å². The van der Waals surface area contributed by atoms with E-state index < -0.39 is 0 Å². The molecule has 2 rings (SSSR count). The highest BCUT2D eigenvalue weighted by molar-refractivity contribution is 5.79. The van der Waals surface area contributed by atoms with Gasteiger partial charge in [0.2, 0.25) is 5.91 Å². The van der Waals surface area contributed by atoms with Crippen molar-refractivity contribution in [1.82, 2.24) is 15.5 Å². The van der Waals surface area contributed by atoms with E-state index in [2.05, 4.69) is 36.4 Å². The van der Waals surface area contributed by atoms with Crippen LogP contribution in [0.3, 0.4) is 0 Å². The molecule has 0 aromatic heterocycles. The summed E-state index contributed by atoms with van der Waals surface area (Å²) in [5, 5.41) is 6.55. The molecule has 0 aliphatic carbocycles. The molecule has 0 aromatic carbocycles. The number of nitrogens with zero attached hydrogens (tertiary/aromatic N) is 1. The zero-order valence-electron chi connectivity index (χ0n) is 12.7. The van der Waals surface area contributed by atoms with Crippen LogP contribution < -0.4 is 10.6 Å². The Balaban J connectivity index is 1.76. The molecule has 19 heavy (non-hydrogen) atoms. The first-order valence-electron chi connectivity index (χ1n) is 7.65. The summed E-state index contributed by atoms with van der Waals surface area (Å²) in [4.78, 5) is 14.6. The molecule has 2 heterocycles. The van der Waals surface area contributed by atoms with Crippen molar-refractivity contribution >= 4 is 5.91 Å². The van der Waals surface area contributed by atoms with Gasteiger partial charge in [0.05, 0.1) is 5.92 Å². The van der Waals surface area contributed by atoms with Crippen molar-refractivity contribution in [1.29, 1.82) is 0 Å². The number of hydrogen-bond acceptors (Lipinski definition) is 3. The minimum Gasteiger partial charge on any atom is -0.355 e. The van der Waals surface area contributed by atoms with Gasteiger partial charge in [-0.1, -0.05) is 13.8 Å². The monoisotopic (exact) mass is 267 g/mol.